The Morgan fingerprint density at radius 2 is 1.67 bits per heavy atom. The van der Waals surface area contributed by atoms with E-state index < -0.39 is 0 Å². The predicted octanol–water partition coefficient (Wildman–Crippen LogP) is 4.15. The number of carbonyl (C=O) groups excluding carboxylic acids is 1. The highest BCUT2D eigenvalue weighted by atomic mass is 16.5. The standard InChI is InChI=1S/C23H30N2O2/c1-17(2)21-7-5-6-19(4)23(21)25-14-12-24(13-15-25)22(26)16-27-20-10-8-18(3)9-11-20/h5-11,17H,12-16H2,1-4H3. The molecule has 0 saturated carbocycles. The van der Waals surface area contributed by atoms with Crippen LogP contribution in [0.4, 0.5) is 5.69 Å². The van der Waals surface area contributed by atoms with Gasteiger partial charge in [0.25, 0.3) is 5.91 Å². The molecule has 1 fully saturated rings. The van der Waals surface area contributed by atoms with Gasteiger partial charge in [-0.1, -0.05) is 49.7 Å². The van der Waals surface area contributed by atoms with Gasteiger partial charge in [-0.05, 0) is 43.0 Å². The minimum atomic E-state index is 0.0593. The Bertz CT molecular complexity index is 775. The van der Waals surface area contributed by atoms with Gasteiger partial charge in [0.05, 0.1) is 0 Å². The van der Waals surface area contributed by atoms with Crippen LogP contribution < -0.4 is 9.64 Å². The first-order valence-corrected chi connectivity index (χ1v) is 9.77. The van der Waals surface area contributed by atoms with Gasteiger partial charge in [-0.25, -0.2) is 0 Å². The van der Waals surface area contributed by atoms with E-state index >= 15 is 0 Å². The zero-order valence-electron chi connectivity index (χ0n) is 16.9. The topological polar surface area (TPSA) is 32.8 Å². The molecule has 0 aromatic heterocycles. The number of aryl methyl sites for hydroxylation is 2. The molecule has 2 aromatic carbocycles. The molecule has 2 aromatic rings. The summed E-state index contributed by atoms with van der Waals surface area (Å²) in [5.41, 5.74) is 5.22. The fraction of sp³-hybridized carbons (Fsp3) is 0.435. The monoisotopic (exact) mass is 366 g/mol. The van der Waals surface area contributed by atoms with Crippen LogP contribution in [0, 0.1) is 13.8 Å². The molecule has 1 amide bonds. The molecule has 0 atom stereocenters. The molecule has 1 heterocycles. The normalized spacial score (nSPS) is 14.6. The molecule has 1 aliphatic heterocycles. The van der Waals surface area contributed by atoms with Crippen LogP contribution in [-0.2, 0) is 4.79 Å². The molecule has 1 aliphatic rings. The van der Waals surface area contributed by atoms with E-state index in [-0.39, 0.29) is 12.5 Å². The summed E-state index contributed by atoms with van der Waals surface area (Å²) in [5.74, 6) is 1.29. The Morgan fingerprint density at radius 1 is 1.00 bits per heavy atom. The number of hydrogen-bond acceptors (Lipinski definition) is 3. The lowest BCUT2D eigenvalue weighted by atomic mass is 9.97. The molecule has 1 saturated heterocycles. The third-order valence-electron chi connectivity index (χ3n) is 5.22. The largest absolute Gasteiger partial charge is 0.484 e. The molecule has 0 N–H and O–H groups in total. The van der Waals surface area contributed by atoms with Crippen LogP contribution in [0.2, 0.25) is 0 Å². The number of amides is 1. The Labute approximate surface area is 162 Å². The number of anilines is 1. The first kappa shape index (κ1) is 19.3. The Hall–Kier alpha value is -2.49. The number of ether oxygens (including phenoxy) is 1. The van der Waals surface area contributed by atoms with Crippen LogP contribution in [0.1, 0.15) is 36.5 Å². The van der Waals surface area contributed by atoms with Gasteiger partial charge in [0.15, 0.2) is 6.61 Å². The molecule has 0 unspecified atom stereocenters. The van der Waals surface area contributed by atoms with Crippen molar-refractivity contribution in [3.05, 3.63) is 59.2 Å². The van der Waals surface area contributed by atoms with Gasteiger partial charge in [0, 0.05) is 31.9 Å². The molecule has 0 bridgehead atoms. The number of nitrogens with zero attached hydrogens (tertiary/aromatic N) is 2. The molecule has 27 heavy (non-hydrogen) atoms. The second kappa shape index (κ2) is 8.47. The van der Waals surface area contributed by atoms with Gasteiger partial charge < -0.3 is 14.5 Å². The third kappa shape index (κ3) is 4.62. The molecule has 4 heteroatoms. The van der Waals surface area contributed by atoms with E-state index in [1.54, 1.807) is 0 Å². The maximum Gasteiger partial charge on any atom is 0.260 e. The van der Waals surface area contributed by atoms with Crippen molar-refractivity contribution >= 4 is 11.6 Å². The first-order valence-electron chi connectivity index (χ1n) is 9.77. The fourth-order valence-corrected chi connectivity index (χ4v) is 3.63. The Balaban J connectivity index is 1.57. The Morgan fingerprint density at radius 3 is 2.30 bits per heavy atom. The lowest BCUT2D eigenvalue weighted by Gasteiger charge is -2.38. The Kier molecular flexibility index (Phi) is 6.04. The first-order chi connectivity index (χ1) is 13.0. The van der Waals surface area contributed by atoms with Gasteiger partial charge >= 0.3 is 0 Å². The quantitative estimate of drug-likeness (QED) is 0.797. The third-order valence-corrected chi connectivity index (χ3v) is 5.22. The number of rotatable bonds is 5. The van der Waals surface area contributed by atoms with Crippen LogP contribution >= 0.6 is 0 Å². The van der Waals surface area contributed by atoms with Crippen molar-refractivity contribution in [2.75, 3.05) is 37.7 Å². The highest BCUT2D eigenvalue weighted by Crippen LogP contribution is 2.31. The summed E-state index contributed by atoms with van der Waals surface area (Å²) < 4.78 is 5.65. The summed E-state index contributed by atoms with van der Waals surface area (Å²) in [6.45, 7) is 12.0. The van der Waals surface area contributed by atoms with E-state index in [4.69, 9.17) is 4.74 Å². The van der Waals surface area contributed by atoms with Gasteiger partial charge in [-0.15, -0.1) is 0 Å². The smallest absolute Gasteiger partial charge is 0.260 e. The van der Waals surface area contributed by atoms with Crippen LogP contribution in [0.15, 0.2) is 42.5 Å². The van der Waals surface area contributed by atoms with E-state index in [2.05, 4.69) is 43.9 Å². The second-order valence-corrected chi connectivity index (χ2v) is 7.64. The van der Waals surface area contributed by atoms with Crippen molar-refractivity contribution in [2.24, 2.45) is 0 Å². The summed E-state index contributed by atoms with van der Waals surface area (Å²) in [6.07, 6.45) is 0. The van der Waals surface area contributed by atoms with Crippen molar-refractivity contribution in [3.63, 3.8) is 0 Å². The van der Waals surface area contributed by atoms with Crippen LogP contribution in [-0.4, -0.2) is 43.6 Å². The van der Waals surface area contributed by atoms with Crippen LogP contribution in [0.25, 0.3) is 0 Å². The molecule has 144 valence electrons. The average molecular weight is 367 g/mol. The zero-order chi connectivity index (χ0) is 19.4. The van der Waals surface area contributed by atoms with Crippen molar-refractivity contribution in [3.8, 4) is 5.75 Å². The van der Waals surface area contributed by atoms with Gasteiger partial charge in [-0.2, -0.15) is 0 Å². The van der Waals surface area contributed by atoms with E-state index in [0.29, 0.717) is 5.92 Å². The summed E-state index contributed by atoms with van der Waals surface area (Å²) in [7, 11) is 0. The van der Waals surface area contributed by atoms with Crippen LogP contribution in [0.3, 0.4) is 0 Å². The fourth-order valence-electron chi connectivity index (χ4n) is 3.63. The molecule has 4 nitrogen and oxygen atoms in total. The molecular formula is C23H30N2O2. The SMILES string of the molecule is Cc1ccc(OCC(=O)N2CCN(c3c(C)cccc3C(C)C)CC2)cc1. The van der Waals surface area contributed by atoms with Gasteiger partial charge in [0.2, 0.25) is 0 Å². The van der Waals surface area contributed by atoms with Crippen molar-refractivity contribution in [1.29, 1.82) is 0 Å². The number of piperazine rings is 1. The van der Waals surface area contributed by atoms with E-state index in [1.165, 1.54) is 22.4 Å². The second-order valence-electron chi connectivity index (χ2n) is 7.64. The predicted molar refractivity (Wildman–Crippen MR) is 111 cm³/mol. The van der Waals surface area contributed by atoms with Gasteiger partial charge in [0.1, 0.15) is 5.75 Å². The zero-order valence-corrected chi connectivity index (χ0v) is 16.9. The summed E-state index contributed by atoms with van der Waals surface area (Å²) >= 11 is 0. The highest BCUT2D eigenvalue weighted by Gasteiger charge is 2.24. The van der Waals surface area contributed by atoms with E-state index in [1.807, 2.05) is 36.1 Å². The average Bonchev–Trinajstić information content (AvgIpc) is 2.67. The maximum absolute atomic E-state index is 12.5. The van der Waals surface area contributed by atoms with Gasteiger partial charge in [-0.3, -0.25) is 4.79 Å². The lowest BCUT2D eigenvalue weighted by molar-refractivity contribution is -0.133. The van der Waals surface area contributed by atoms with Crippen LogP contribution in [0.5, 0.6) is 5.75 Å². The highest BCUT2D eigenvalue weighted by molar-refractivity contribution is 5.78. The van der Waals surface area contributed by atoms with Crippen molar-refractivity contribution in [2.45, 2.75) is 33.6 Å². The number of benzene rings is 2. The summed E-state index contributed by atoms with van der Waals surface area (Å²) in [6, 6.07) is 14.3. The van der Waals surface area contributed by atoms with E-state index in [9.17, 15) is 4.79 Å². The number of carbonyl (C=O) groups is 1. The summed E-state index contributed by atoms with van der Waals surface area (Å²) in [5, 5.41) is 0. The maximum atomic E-state index is 12.5. The molecule has 0 aliphatic carbocycles. The minimum Gasteiger partial charge on any atom is -0.484 e. The van der Waals surface area contributed by atoms with Crippen molar-refractivity contribution < 1.29 is 9.53 Å². The molecule has 0 radical (unpaired) electrons. The summed E-state index contributed by atoms with van der Waals surface area (Å²) in [4.78, 5) is 16.8. The molecule has 0 spiro atoms. The molecular weight excluding hydrogens is 336 g/mol. The molecule has 3 rings (SSSR count). The van der Waals surface area contributed by atoms with Crippen molar-refractivity contribution in [1.82, 2.24) is 4.90 Å². The lowest BCUT2D eigenvalue weighted by Crippen LogP contribution is -2.50. The van der Waals surface area contributed by atoms with E-state index in [0.717, 1.165) is 31.9 Å². The number of hydrogen-bond donors (Lipinski definition) is 0. The number of para-hydroxylation sites is 1. The minimum absolute atomic E-state index is 0.0593.